The molecule has 1 N–H and O–H groups in total. The molecule has 1 amide bonds. The number of anilines is 1. The van der Waals surface area contributed by atoms with Gasteiger partial charge in [-0.25, -0.2) is 4.98 Å². The predicted octanol–water partition coefficient (Wildman–Crippen LogP) is 3.23. The van der Waals surface area contributed by atoms with E-state index in [2.05, 4.69) is 17.2 Å². The van der Waals surface area contributed by atoms with Gasteiger partial charge < -0.3 is 5.32 Å². The van der Waals surface area contributed by atoms with Gasteiger partial charge in [-0.1, -0.05) is 19.1 Å². The molecule has 0 spiro atoms. The number of carbonyl (C=O) groups is 1. The lowest BCUT2D eigenvalue weighted by Gasteiger charge is -2.10. The molecular formula is C19H19N3O2. The maximum absolute atomic E-state index is 12.6. The van der Waals surface area contributed by atoms with E-state index < -0.39 is 5.91 Å². The second kappa shape index (κ2) is 6.66. The zero-order chi connectivity index (χ0) is 17.1. The van der Waals surface area contributed by atoms with E-state index in [1.807, 2.05) is 37.3 Å². The fourth-order valence-electron chi connectivity index (χ4n) is 2.68. The van der Waals surface area contributed by atoms with Gasteiger partial charge >= 0.3 is 0 Å². The highest BCUT2D eigenvalue weighted by atomic mass is 16.2. The normalized spacial score (nSPS) is 10.8. The first-order valence-corrected chi connectivity index (χ1v) is 8.03. The van der Waals surface area contributed by atoms with Gasteiger partial charge in [-0.05, 0) is 49.2 Å². The van der Waals surface area contributed by atoms with Crippen molar-refractivity contribution in [1.82, 2.24) is 9.55 Å². The summed E-state index contributed by atoms with van der Waals surface area (Å²) in [5.74, 6) is -0.405. The van der Waals surface area contributed by atoms with Gasteiger partial charge in [0.2, 0.25) is 0 Å². The number of fused-ring (bicyclic) bond motifs is 1. The SMILES string of the molecule is CCc1ccc(NC(=O)c2cc3cccnc3n(CC)c2=O)cc1. The summed E-state index contributed by atoms with van der Waals surface area (Å²) in [7, 11) is 0. The Kier molecular flexibility index (Phi) is 4.42. The molecular weight excluding hydrogens is 302 g/mol. The van der Waals surface area contributed by atoms with E-state index in [1.54, 1.807) is 18.3 Å². The molecule has 0 atom stereocenters. The fourth-order valence-corrected chi connectivity index (χ4v) is 2.68. The number of carbonyl (C=O) groups excluding carboxylic acids is 1. The van der Waals surface area contributed by atoms with E-state index in [0.29, 0.717) is 17.9 Å². The number of pyridine rings is 2. The predicted molar refractivity (Wildman–Crippen MR) is 95.5 cm³/mol. The van der Waals surface area contributed by atoms with E-state index in [-0.39, 0.29) is 11.1 Å². The van der Waals surface area contributed by atoms with E-state index >= 15 is 0 Å². The summed E-state index contributed by atoms with van der Waals surface area (Å²) < 4.78 is 1.52. The Morgan fingerprint density at radius 2 is 1.92 bits per heavy atom. The third kappa shape index (κ3) is 2.93. The van der Waals surface area contributed by atoms with Crippen LogP contribution in [0, 0.1) is 0 Å². The number of hydrogen-bond donors (Lipinski definition) is 1. The van der Waals surface area contributed by atoms with Crippen molar-refractivity contribution in [2.45, 2.75) is 26.8 Å². The molecule has 2 aromatic heterocycles. The van der Waals surface area contributed by atoms with Gasteiger partial charge in [0.1, 0.15) is 11.2 Å². The van der Waals surface area contributed by atoms with E-state index in [4.69, 9.17) is 0 Å². The highest BCUT2D eigenvalue weighted by Crippen LogP contribution is 2.14. The number of aryl methyl sites for hydroxylation is 2. The lowest BCUT2D eigenvalue weighted by molar-refractivity contribution is 0.102. The first-order valence-electron chi connectivity index (χ1n) is 8.03. The number of benzene rings is 1. The zero-order valence-electron chi connectivity index (χ0n) is 13.7. The molecule has 0 aliphatic heterocycles. The van der Waals surface area contributed by atoms with Crippen molar-refractivity contribution < 1.29 is 4.79 Å². The Hall–Kier alpha value is -2.95. The van der Waals surface area contributed by atoms with Crippen molar-refractivity contribution >= 4 is 22.6 Å². The summed E-state index contributed by atoms with van der Waals surface area (Å²) in [6.45, 7) is 4.39. The molecule has 3 aromatic rings. The molecule has 0 saturated heterocycles. The molecule has 5 heteroatoms. The van der Waals surface area contributed by atoms with Crippen LogP contribution in [0.4, 0.5) is 5.69 Å². The van der Waals surface area contributed by atoms with Crippen LogP contribution >= 0.6 is 0 Å². The maximum atomic E-state index is 12.6. The molecule has 122 valence electrons. The standard InChI is InChI=1S/C19H19N3O2/c1-3-13-7-9-15(10-8-13)21-18(23)16-12-14-6-5-11-20-17(14)22(4-2)19(16)24/h5-12H,3-4H2,1-2H3,(H,21,23). The molecule has 5 nitrogen and oxygen atoms in total. The van der Waals surface area contributed by atoms with Crippen LogP contribution in [0.3, 0.4) is 0 Å². The molecule has 0 aliphatic rings. The molecule has 0 radical (unpaired) electrons. The monoisotopic (exact) mass is 321 g/mol. The summed E-state index contributed by atoms with van der Waals surface area (Å²) in [6.07, 6.45) is 2.58. The number of aromatic nitrogens is 2. The Labute approximate surface area is 140 Å². The number of hydrogen-bond acceptors (Lipinski definition) is 3. The highest BCUT2D eigenvalue weighted by molar-refractivity contribution is 6.05. The van der Waals surface area contributed by atoms with Crippen LogP contribution in [-0.4, -0.2) is 15.5 Å². The molecule has 0 bridgehead atoms. The molecule has 24 heavy (non-hydrogen) atoms. The molecule has 1 aromatic carbocycles. The van der Waals surface area contributed by atoms with Crippen LogP contribution in [0.5, 0.6) is 0 Å². The van der Waals surface area contributed by atoms with Crippen molar-refractivity contribution in [3.63, 3.8) is 0 Å². The van der Waals surface area contributed by atoms with E-state index in [1.165, 1.54) is 10.1 Å². The second-order valence-electron chi connectivity index (χ2n) is 5.53. The number of rotatable bonds is 4. The van der Waals surface area contributed by atoms with Gasteiger partial charge in [-0.2, -0.15) is 0 Å². The molecule has 0 unspecified atom stereocenters. The van der Waals surface area contributed by atoms with E-state index in [0.717, 1.165) is 11.8 Å². The molecule has 2 heterocycles. The van der Waals surface area contributed by atoms with E-state index in [9.17, 15) is 9.59 Å². The van der Waals surface area contributed by atoms with Crippen molar-refractivity contribution in [2.75, 3.05) is 5.32 Å². The molecule has 0 aliphatic carbocycles. The Bertz CT molecular complexity index is 943. The van der Waals surface area contributed by atoms with Gasteiger partial charge in [0.15, 0.2) is 0 Å². The smallest absolute Gasteiger partial charge is 0.265 e. The third-order valence-electron chi connectivity index (χ3n) is 4.03. The maximum Gasteiger partial charge on any atom is 0.265 e. The fraction of sp³-hybridized carbons (Fsp3) is 0.211. The lowest BCUT2D eigenvalue weighted by Crippen LogP contribution is -2.29. The highest BCUT2D eigenvalue weighted by Gasteiger charge is 2.15. The van der Waals surface area contributed by atoms with Gasteiger partial charge in [-0.15, -0.1) is 0 Å². The van der Waals surface area contributed by atoms with Crippen molar-refractivity contribution in [3.8, 4) is 0 Å². The summed E-state index contributed by atoms with van der Waals surface area (Å²) in [4.78, 5) is 29.4. The van der Waals surface area contributed by atoms with Crippen LogP contribution in [0.25, 0.3) is 11.0 Å². The van der Waals surface area contributed by atoms with Crippen molar-refractivity contribution in [2.24, 2.45) is 0 Å². The van der Waals surface area contributed by atoms with Crippen LogP contribution < -0.4 is 10.9 Å². The third-order valence-corrected chi connectivity index (χ3v) is 4.03. The molecule has 3 rings (SSSR count). The van der Waals surface area contributed by atoms with Crippen molar-refractivity contribution in [3.05, 3.63) is 70.1 Å². The van der Waals surface area contributed by atoms with Gasteiger partial charge in [-0.3, -0.25) is 14.2 Å². The van der Waals surface area contributed by atoms with Crippen LogP contribution in [-0.2, 0) is 13.0 Å². The second-order valence-corrected chi connectivity index (χ2v) is 5.53. The number of nitrogens with zero attached hydrogens (tertiary/aromatic N) is 2. The average Bonchev–Trinajstić information content (AvgIpc) is 2.61. The Morgan fingerprint density at radius 1 is 1.17 bits per heavy atom. The summed E-state index contributed by atoms with van der Waals surface area (Å²) in [6, 6.07) is 12.9. The van der Waals surface area contributed by atoms with Gasteiger partial charge in [0.25, 0.3) is 11.5 Å². The van der Waals surface area contributed by atoms with Crippen LogP contribution in [0.15, 0.2) is 53.5 Å². The summed E-state index contributed by atoms with van der Waals surface area (Å²) >= 11 is 0. The summed E-state index contributed by atoms with van der Waals surface area (Å²) in [5, 5.41) is 3.56. The average molecular weight is 321 g/mol. The Balaban J connectivity index is 2.00. The largest absolute Gasteiger partial charge is 0.322 e. The number of amides is 1. The van der Waals surface area contributed by atoms with Gasteiger partial charge in [0, 0.05) is 23.8 Å². The molecule has 0 saturated carbocycles. The van der Waals surface area contributed by atoms with Crippen molar-refractivity contribution in [1.29, 1.82) is 0 Å². The topological polar surface area (TPSA) is 64.0 Å². The first-order chi connectivity index (χ1) is 11.6. The minimum atomic E-state index is -0.405. The minimum Gasteiger partial charge on any atom is -0.322 e. The lowest BCUT2D eigenvalue weighted by atomic mass is 10.1. The van der Waals surface area contributed by atoms with Gasteiger partial charge in [0.05, 0.1) is 0 Å². The first kappa shape index (κ1) is 15.9. The zero-order valence-corrected chi connectivity index (χ0v) is 13.7. The Morgan fingerprint density at radius 3 is 2.58 bits per heavy atom. The number of nitrogens with one attached hydrogen (secondary N) is 1. The summed E-state index contributed by atoms with van der Waals surface area (Å²) in [5.41, 5.74) is 2.25. The quantitative estimate of drug-likeness (QED) is 0.802. The van der Waals surface area contributed by atoms with Crippen LogP contribution in [0.2, 0.25) is 0 Å². The van der Waals surface area contributed by atoms with Crippen LogP contribution in [0.1, 0.15) is 29.8 Å². The minimum absolute atomic E-state index is 0.122. The molecule has 0 fully saturated rings.